The van der Waals surface area contributed by atoms with Gasteiger partial charge in [0.15, 0.2) is 0 Å². The molecule has 1 fully saturated rings. The lowest BCUT2D eigenvalue weighted by Gasteiger charge is -2.40. The van der Waals surface area contributed by atoms with Gasteiger partial charge in [0.05, 0.1) is 22.7 Å². The van der Waals surface area contributed by atoms with E-state index in [0.717, 1.165) is 32.2 Å². The maximum absolute atomic E-state index is 11.0. The Kier molecular flexibility index (Phi) is 4.95. The Morgan fingerprint density at radius 3 is 2.52 bits per heavy atom. The molecule has 2 N–H and O–H groups in total. The first-order chi connectivity index (χ1) is 10.1. The average molecular weight is 294 g/mol. The van der Waals surface area contributed by atoms with Gasteiger partial charge in [-0.05, 0) is 25.7 Å². The van der Waals surface area contributed by atoms with Crippen LogP contribution in [0.4, 0.5) is 17.3 Å². The van der Waals surface area contributed by atoms with Crippen LogP contribution >= 0.6 is 0 Å². The lowest BCUT2D eigenvalue weighted by Crippen LogP contribution is -2.45. The van der Waals surface area contributed by atoms with E-state index in [1.165, 1.54) is 12.1 Å². The third kappa shape index (κ3) is 3.81. The number of hydrogen-bond acceptors (Lipinski definition) is 6. The van der Waals surface area contributed by atoms with Crippen LogP contribution in [0.3, 0.4) is 0 Å². The maximum Gasteiger partial charge on any atom is 0.276 e. The third-order valence-corrected chi connectivity index (χ3v) is 3.87. The molecule has 1 aliphatic carbocycles. The van der Waals surface area contributed by atoms with Crippen LogP contribution in [0.25, 0.3) is 0 Å². The van der Waals surface area contributed by atoms with Gasteiger partial charge in [-0.25, -0.2) is 4.98 Å². The zero-order valence-electron chi connectivity index (χ0n) is 12.5. The number of hydrogen-bond donors (Lipinski definition) is 2. The molecule has 0 bridgehead atoms. The van der Waals surface area contributed by atoms with Gasteiger partial charge >= 0.3 is 0 Å². The van der Waals surface area contributed by atoms with E-state index in [1.807, 2.05) is 6.92 Å². The van der Waals surface area contributed by atoms with Gasteiger partial charge in [-0.1, -0.05) is 6.92 Å². The highest BCUT2D eigenvalue weighted by Gasteiger charge is 2.36. The van der Waals surface area contributed by atoms with Crippen molar-refractivity contribution in [3.8, 4) is 0 Å². The maximum atomic E-state index is 11.0. The molecule has 116 valence electrons. The second-order valence-corrected chi connectivity index (χ2v) is 5.37. The number of aromatic nitrogens is 1. The smallest absolute Gasteiger partial charge is 0.276 e. The molecule has 0 aromatic carbocycles. The second-order valence-electron chi connectivity index (χ2n) is 5.37. The first-order valence-corrected chi connectivity index (χ1v) is 7.28. The number of ether oxygens (including phenoxy) is 1. The van der Waals surface area contributed by atoms with Crippen LogP contribution in [0.1, 0.15) is 32.6 Å². The fourth-order valence-corrected chi connectivity index (χ4v) is 2.33. The fraction of sp³-hybridized carbons (Fsp3) is 0.643. The summed E-state index contributed by atoms with van der Waals surface area (Å²) in [7, 11) is 1.70. The van der Waals surface area contributed by atoms with E-state index in [0.29, 0.717) is 18.2 Å². The van der Waals surface area contributed by atoms with Crippen molar-refractivity contribution in [2.24, 2.45) is 0 Å². The van der Waals surface area contributed by atoms with Gasteiger partial charge in [0.25, 0.3) is 5.69 Å². The van der Waals surface area contributed by atoms with Crippen molar-refractivity contribution in [1.29, 1.82) is 0 Å². The molecule has 21 heavy (non-hydrogen) atoms. The van der Waals surface area contributed by atoms with Gasteiger partial charge < -0.3 is 15.4 Å². The molecule has 1 aromatic heterocycles. The summed E-state index contributed by atoms with van der Waals surface area (Å²) in [6.45, 7) is 3.38. The highest BCUT2D eigenvalue weighted by molar-refractivity contribution is 5.54. The summed E-state index contributed by atoms with van der Waals surface area (Å²) in [4.78, 5) is 15.0. The standard InChI is InChI=1S/C14H22N4O3/c1-3-7-15-12-8-11(18(19)20)9-13(17-12)16-10-14(21-2)5-4-6-14/h8-9H,3-7,10H2,1-2H3,(H2,15,16,17). The molecule has 2 rings (SSSR count). The number of nitrogens with zero attached hydrogens (tertiary/aromatic N) is 2. The van der Waals surface area contributed by atoms with Crippen LogP contribution in [0, 0.1) is 10.1 Å². The predicted molar refractivity (Wildman–Crippen MR) is 81.8 cm³/mol. The molecule has 0 amide bonds. The Morgan fingerprint density at radius 1 is 1.38 bits per heavy atom. The minimum atomic E-state index is -0.403. The van der Waals surface area contributed by atoms with Crippen molar-refractivity contribution in [3.05, 3.63) is 22.2 Å². The molecular formula is C14H22N4O3. The van der Waals surface area contributed by atoms with E-state index in [9.17, 15) is 10.1 Å². The monoisotopic (exact) mass is 294 g/mol. The van der Waals surface area contributed by atoms with E-state index < -0.39 is 4.92 Å². The molecule has 1 saturated carbocycles. The van der Waals surface area contributed by atoms with E-state index in [4.69, 9.17) is 4.74 Å². The third-order valence-electron chi connectivity index (χ3n) is 3.87. The molecule has 1 heterocycles. The molecule has 7 heteroatoms. The first kappa shape index (κ1) is 15.5. The summed E-state index contributed by atoms with van der Waals surface area (Å²) < 4.78 is 5.53. The van der Waals surface area contributed by atoms with Crippen molar-refractivity contribution >= 4 is 17.3 Å². The number of methoxy groups -OCH3 is 1. The lowest BCUT2D eigenvalue weighted by atomic mass is 9.80. The summed E-state index contributed by atoms with van der Waals surface area (Å²) in [6, 6.07) is 2.91. The predicted octanol–water partition coefficient (Wildman–Crippen LogP) is 2.79. The summed E-state index contributed by atoms with van der Waals surface area (Å²) >= 11 is 0. The minimum absolute atomic E-state index is 0.0335. The average Bonchev–Trinajstić information content (AvgIpc) is 2.44. The number of anilines is 2. The molecule has 7 nitrogen and oxygen atoms in total. The molecule has 1 aromatic rings. The van der Waals surface area contributed by atoms with Crippen molar-refractivity contribution in [2.45, 2.75) is 38.2 Å². The molecule has 0 saturated heterocycles. The highest BCUT2D eigenvalue weighted by Crippen LogP contribution is 2.35. The largest absolute Gasteiger partial charge is 0.376 e. The van der Waals surface area contributed by atoms with Crippen LogP contribution in [-0.4, -0.2) is 35.7 Å². The van der Waals surface area contributed by atoms with Crippen LogP contribution in [0.2, 0.25) is 0 Å². The number of pyridine rings is 1. The lowest BCUT2D eigenvalue weighted by molar-refractivity contribution is -0.384. The first-order valence-electron chi connectivity index (χ1n) is 7.28. The number of nitrogens with one attached hydrogen (secondary N) is 2. The number of rotatable bonds is 8. The van der Waals surface area contributed by atoms with E-state index in [1.54, 1.807) is 7.11 Å². The number of nitro groups is 1. The van der Waals surface area contributed by atoms with E-state index >= 15 is 0 Å². The van der Waals surface area contributed by atoms with Crippen LogP contribution in [0.15, 0.2) is 12.1 Å². The van der Waals surface area contributed by atoms with Crippen molar-refractivity contribution in [1.82, 2.24) is 4.98 Å². The van der Waals surface area contributed by atoms with Crippen LogP contribution in [0.5, 0.6) is 0 Å². The zero-order valence-corrected chi connectivity index (χ0v) is 12.5. The van der Waals surface area contributed by atoms with Gasteiger partial charge in [-0.3, -0.25) is 10.1 Å². The van der Waals surface area contributed by atoms with Crippen LogP contribution in [-0.2, 0) is 4.74 Å². The molecular weight excluding hydrogens is 272 g/mol. The summed E-state index contributed by atoms with van der Waals surface area (Å²) in [5.41, 5.74) is -0.116. The van der Waals surface area contributed by atoms with Gasteiger partial charge in [0.2, 0.25) is 0 Å². The minimum Gasteiger partial charge on any atom is -0.376 e. The Bertz CT molecular complexity index is 497. The van der Waals surface area contributed by atoms with E-state index in [2.05, 4.69) is 15.6 Å². The Labute approximate surface area is 124 Å². The van der Waals surface area contributed by atoms with Gasteiger partial charge in [0, 0.05) is 20.2 Å². The van der Waals surface area contributed by atoms with Crippen LogP contribution < -0.4 is 10.6 Å². The fourth-order valence-electron chi connectivity index (χ4n) is 2.33. The van der Waals surface area contributed by atoms with Gasteiger partial charge in [-0.2, -0.15) is 0 Å². The molecule has 0 spiro atoms. The van der Waals surface area contributed by atoms with Gasteiger partial charge in [0.1, 0.15) is 11.6 Å². The molecule has 0 radical (unpaired) electrons. The molecule has 0 aliphatic heterocycles. The zero-order chi connectivity index (χ0) is 15.3. The normalized spacial score (nSPS) is 16.1. The Morgan fingerprint density at radius 2 is 2.05 bits per heavy atom. The summed E-state index contributed by atoms with van der Waals surface area (Å²) in [5.74, 6) is 1.03. The van der Waals surface area contributed by atoms with Crippen molar-refractivity contribution in [2.75, 3.05) is 30.8 Å². The second kappa shape index (κ2) is 6.71. The Balaban J connectivity index is 2.09. The molecule has 0 unspecified atom stereocenters. The Hall–Kier alpha value is -1.89. The van der Waals surface area contributed by atoms with Gasteiger partial charge in [-0.15, -0.1) is 0 Å². The SMILES string of the molecule is CCCNc1cc([N+](=O)[O-])cc(NCC2(OC)CCC2)n1. The topological polar surface area (TPSA) is 89.3 Å². The van der Waals surface area contributed by atoms with E-state index in [-0.39, 0.29) is 11.3 Å². The highest BCUT2D eigenvalue weighted by atomic mass is 16.6. The van der Waals surface area contributed by atoms with Crippen molar-refractivity contribution < 1.29 is 9.66 Å². The molecule has 1 aliphatic rings. The summed E-state index contributed by atoms with van der Waals surface area (Å²) in [6.07, 6.45) is 4.10. The van der Waals surface area contributed by atoms with Crippen molar-refractivity contribution in [3.63, 3.8) is 0 Å². The molecule has 0 atom stereocenters. The summed E-state index contributed by atoms with van der Waals surface area (Å²) in [5, 5.41) is 17.3. The quantitative estimate of drug-likeness (QED) is 0.566.